The summed E-state index contributed by atoms with van der Waals surface area (Å²) in [4.78, 5) is 22.0. The van der Waals surface area contributed by atoms with Crippen molar-refractivity contribution in [3.8, 4) is 5.69 Å². The largest absolute Gasteiger partial charge is 0.324 e. The van der Waals surface area contributed by atoms with Crippen molar-refractivity contribution >= 4 is 44.2 Å². The Morgan fingerprint density at radius 1 is 0.784 bits per heavy atom. The summed E-state index contributed by atoms with van der Waals surface area (Å²) in [7, 11) is -3.86. The molecule has 0 unspecified atom stereocenters. The van der Waals surface area contributed by atoms with Crippen molar-refractivity contribution in [1.29, 1.82) is 0 Å². The molecule has 11 heteroatoms. The molecule has 0 radical (unpaired) electrons. The van der Waals surface area contributed by atoms with E-state index in [1.54, 1.807) is 53.1 Å². The van der Waals surface area contributed by atoms with E-state index in [1.807, 2.05) is 36.4 Å². The summed E-state index contributed by atoms with van der Waals surface area (Å²) >= 11 is 0. The molecule has 0 bridgehead atoms. The molecule has 3 aromatic carbocycles. The van der Waals surface area contributed by atoms with E-state index < -0.39 is 10.0 Å². The number of fused-ring (bicyclic) bond motifs is 2. The Labute approximate surface area is 210 Å². The number of anilines is 3. The normalized spacial score (nSPS) is 11.6. The highest BCUT2D eigenvalue weighted by Crippen LogP contribution is 2.24. The van der Waals surface area contributed by atoms with E-state index in [0.717, 1.165) is 5.69 Å². The third-order valence-corrected chi connectivity index (χ3v) is 7.05. The van der Waals surface area contributed by atoms with Gasteiger partial charge >= 0.3 is 0 Å². The van der Waals surface area contributed by atoms with Gasteiger partial charge in [0.05, 0.1) is 21.5 Å². The van der Waals surface area contributed by atoms with Crippen molar-refractivity contribution in [2.45, 2.75) is 4.90 Å². The third-order valence-electron chi connectivity index (χ3n) is 5.68. The summed E-state index contributed by atoms with van der Waals surface area (Å²) in [6.45, 7) is 0. The van der Waals surface area contributed by atoms with Gasteiger partial charge < -0.3 is 5.32 Å². The number of hydrogen-bond acceptors (Lipinski definition) is 7. The highest BCUT2D eigenvalue weighted by Gasteiger charge is 2.19. The Kier molecular flexibility index (Phi) is 5.38. The second-order valence-corrected chi connectivity index (χ2v) is 9.79. The minimum absolute atomic E-state index is 0.0551. The van der Waals surface area contributed by atoms with Crippen LogP contribution in [-0.2, 0) is 10.0 Å². The molecule has 0 aliphatic heterocycles. The smallest absolute Gasteiger partial charge is 0.283 e. The first kappa shape index (κ1) is 22.4. The zero-order valence-electron chi connectivity index (χ0n) is 19.2. The van der Waals surface area contributed by atoms with Gasteiger partial charge in [-0.25, -0.2) is 23.0 Å². The van der Waals surface area contributed by atoms with Gasteiger partial charge in [-0.1, -0.05) is 36.4 Å². The molecule has 0 saturated carbocycles. The van der Waals surface area contributed by atoms with Gasteiger partial charge in [0.25, 0.3) is 15.6 Å². The van der Waals surface area contributed by atoms with Crippen molar-refractivity contribution in [3.63, 3.8) is 0 Å². The number of benzene rings is 3. The molecular formula is C26H19N7O3S. The summed E-state index contributed by atoms with van der Waals surface area (Å²) in [6, 6.07) is 27.6. The number of rotatable bonds is 6. The molecule has 0 spiro atoms. The van der Waals surface area contributed by atoms with Gasteiger partial charge in [-0.3, -0.25) is 9.52 Å². The average molecular weight is 510 g/mol. The molecule has 3 aromatic heterocycles. The van der Waals surface area contributed by atoms with Crippen LogP contribution in [0.15, 0.2) is 113 Å². The first-order chi connectivity index (χ1) is 18.0. The van der Waals surface area contributed by atoms with Crippen molar-refractivity contribution in [2.75, 3.05) is 10.0 Å². The molecule has 0 aliphatic rings. The molecule has 0 atom stereocenters. The van der Waals surface area contributed by atoms with E-state index in [9.17, 15) is 13.2 Å². The highest BCUT2D eigenvalue weighted by atomic mass is 32.2. The van der Waals surface area contributed by atoms with Crippen molar-refractivity contribution < 1.29 is 8.42 Å². The lowest BCUT2D eigenvalue weighted by Crippen LogP contribution is -2.16. The molecule has 0 amide bonds. The monoisotopic (exact) mass is 509 g/mol. The second-order valence-electron chi connectivity index (χ2n) is 8.11. The van der Waals surface area contributed by atoms with Gasteiger partial charge in [0, 0.05) is 11.9 Å². The molecule has 6 rings (SSSR count). The molecule has 0 aliphatic carbocycles. The van der Waals surface area contributed by atoms with Gasteiger partial charge in [0.15, 0.2) is 0 Å². The highest BCUT2D eigenvalue weighted by molar-refractivity contribution is 7.92. The van der Waals surface area contributed by atoms with E-state index in [-0.39, 0.29) is 22.1 Å². The van der Waals surface area contributed by atoms with Crippen molar-refractivity contribution in [1.82, 2.24) is 24.1 Å². The summed E-state index contributed by atoms with van der Waals surface area (Å²) in [5.74, 6) is 0.842. The first-order valence-corrected chi connectivity index (χ1v) is 12.7. The number of hydrogen-bond donors (Lipinski definition) is 2. The Balaban J connectivity index is 1.48. The molecule has 0 saturated heterocycles. The number of pyridine rings is 1. The van der Waals surface area contributed by atoms with Crippen LogP contribution in [0.1, 0.15) is 0 Å². The van der Waals surface area contributed by atoms with E-state index >= 15 is 0 Å². The maximum atomic E-state index is 13.2. The summed E-state index contributed by atoms with van der Waals surface area (Å²) in [6.07, 6.45) is 1.50. The zero-order valence-corrected chi connectivity index (χ0v) is 20.0. The molecule has 37 heavy (non-hydrogen) atoms. The molecule has 3 heterocycles. The quantitative estimate of drug-likeness (QED) is 0.348. The SMILES string of the molecule is O=c1c2ccccc2nc2n(-c3ccc(S(=O)(=O)Nc4ccccn4)cc3)c(Nc3ccccc3)nn12. The molecule has 182 valence electrons. The maximum absolute atomic E-state index is 13.2. The number of sulfonamides is 1. The molecule has 10 nitrogen and oxygen atoms in total. The van der Waals surface area contributed by atoms with Crippen LogP contribution in [0.25, 0.3) is 22.4 Å². The number of nitrogens with one attached hydrogen (secondary N) is 2. The van der Waals surface area contributed by atoms with Gasteiger partial charge in [0.2, 0.25) is 11.7 Å². The molecule has 6 aromatic rings. The Morgan fingerprint density at radius 3 is 2.27 bits per heavy atom. The van der Waals surface area contributed by atoms with Gasteiger partial charge in [-0.2, -0.15) is 4.52 Å². The summed E-state index contributed by atoms with van der Waals surface area (Å²) in [5.41, 5.74) is 1.54. The number of nitrogens with zero attached hydrogens (tertiary/aromatic N) is 5. The van der Waals surface area contributed by atoms with Crippen LogP contribution in [0.2, 0.25) is 0 Å². The van der Waals surface area contributed by atoms with Crippen molar-refractivity contribution in [2.24, 2.45) is 0 Å². The van der Waals surface area contributed by atoms with E-state index in [2.05, 4.69) is 25.1 Å². The minimum Gasteiger partial charge on any atom is -0.324 e. The molecule has 0 fully saturated rings. The Bertz CT molecular complexity index is 1900. The topological polar surface area (TPSA) is 123 Å². The van der Waals surface area contributed by atoms with Crippen LogP contribution in [0, 0.1) is 0 Å². The first-order valence-electron chi connectivity index (χ1n) is 11.3. The van der Waals surface area contributed by atoms with E-state index in [1.165, 1.54) is 22.8 Å². The van der Waals surface area contributed by atoms with Crippen LogP contribution in [0.3, 0.4) is 0 Å². The lowest BCUT2D eigenvalue weighted by atomic mass is 10.2. The molecule has 2 N–H and O–H groups in total. The van der Waals surface area contributed by atoms with Crippen LogP contribution in [-0.4, -0.2) is 32.6 Å². The second kappa shape index (κ2) is 8.88. The van der Waals surface area contributed by atoms with Crippen LogP contribution >= 0.6 is 0 Å². The Morgan fingerprint density at radius 2 is 1.51 bits per heavy atom. The fourth-order valence-corrected chi connectivity index (χ4v) is 4.95. The van der Waals surface area contributed by atoms with Gasteiger partial charge in [0.1, 0.15) is 5.82 Å². The standard InChI is InChI=1S/C26H19N7O3S/c34-24-21-10-4-5-11-22(21)29-26-32(25(30-33(24)26)28-18-8-2-1-3-9-18)19-13-15-20(16-14-19)37(35,36)31-23-12-6-7-17-27-23/h1-17H,(H,27,31)(H,28,30). The van der Waals surface area contributed by atoms with Crippen LogP contribution in [0.4, 0.5) is 17.5 Å². The van der Waals surface area contributed by atoms with Gasteiger partial charge in [-0.15, -0.1) is 5.10 Å². The Hall–Kier alpha value is -5.03. The number of aromatic nitrogens is 5. The average Bonchev–Trinajstić information content (AvgIpc) is 3.28. The summed E-state index contributed by atoms with van der Waals surface area (Å²) in [5, 5.41) is 8.19. The maximum Gasteiger partial charge on any atom is 0.283 e. The number of para-hydroxylation sites is 2. The minimum atomic E-state index is -3.86. The zero-order chi connectivity index (χ0) is 25.4. The predicted octanol–water partition coefficient (Wildman–Crippen LogP) is 3.97. The van der Waals surface area contributed by atoms with Crippen LogP contribution in [0.5, 0.6) is 0 Å². The lowest BCUT2D eigenvalue weighted by Gasteiger charge is -2.11. The fraction of sp³-hybridized carbons (Fsp3) is 0. The van der Waals surface area contributed by atoms with Gasteiger partial charge in [-0.05, 0) is 60.7 Å². The molecular weight excluding hydrogens is 490 g/mol. The van der Waals surface area contributed by atoms with Crippen molar-refractivity contribution in [3.05, 3.63) is 114 Å². The fourth-order valence-electron chi connectivity index (χ4n) is 3.94. The van der Waals surface area contributed by atoms with Crippen LogP contribution < -0.4 is 15.6 Å². The van der Waals surface area contributed by atoms with E-state index in [4.69, 9.17) is 0 Å². The summed E-state index contributed by atoms with van der Waals surface area (Å²) < 4.78 is 31.1. The third kappa shape index (κ3) is 4.17. The lowest BCUT2D eigenvalue weighted by molar-refractivity contribution is 0.601. The van der Waals surface area contributed by atoms with E-state index in [0.29, 0.717) is 22.5 Å². The predicted molar refractivity (Wildman–Crippen MR) is 141 cm³/mol.